The molecule has 1 heterocycles. The van der Waals surface area contributed by atoms with Crippen molar-refractivity contribution >= 4 is 0 Å². The summed E-state index contributed by atoms with van der Waals surface area (Å²) in [7, 11) is 1.67. The van der Waals surface area contributed by atoms with Crippen LogP contribution in [0.1, 0.15) is 30.7 Å². The van der Waals surface area contributed by atoms with Crippen LogP contribution in [0.5, 0.6) is 11.5 Å². The van der Waals surface area contributed by atoms with Gasteiger partial charge in [-0.2, -0.15) is 0 Å². The average Bonchev–Trinajstić information content (AvgIpc) is 2.48. The van der Waals surface area contributed by atoms with Crippen molar-refractivity contribution < 1.29 is 14.6 Å². The van der Waals surface area contributed by atoms with Crippen molar-refractivity contribution in [1.29, 1.82) is 0 Å². The van der Waals surface area contributed by atoms with Gasteiger partial charge in [0.2, 0.25) is 0 Å². The van der Waals surface area contributed by atoms with Crippen LogP contribution in [0, 0.1) is 0 Å². The lowest BCUT2D eigenvalue weighted by atomic mass is 9.90. The zero-order chi connectivity index (χ0) is 13.5. The average molecular weight is 265 g/mol. The number of methoxy groups -OCH3 is 1. The highest BCUT2D eigenvalue weighted by molar-refractivity contribution is 5.44. The Morgan fingerprint density at radius 3 is 2.74 bits per heavy atom. The number of nitrogens with one attached hydrogen (secondary N) is 1. The van der Waals surface area contributed by atoms with E-state index in [1.165, 1.54) is 18.4 Å². The van der Waals surface area contributed by atoms with E-state index in [0.29, 0.717) is 18.9 Å². The third-order valence-electron chi connectivity index (χ3n) is 3.56. The van der Waals surface area contributed by atoms with Gasteiger partial charge in [0, 0.05) is 13.0 Å². The van der Waals surface area contributed by atoms with Crippen LogP contribution in [0.15, 0.2) is 18.2 Å². The third-order valence-corrected chi connectivity index (χ3v) is 3.56. The fourth-order valence-electron chi connectivity index (χ4n) is 2.46. The summed E-state index contributed by atoms with van der Waals surface area (Å²) in [5.74, 6) is 2.16. The number of rotatable bonds is 6. The lowest BCUT2D eigenvalue weighted by molar-refractivity contribution is 0.228. The smallest absolute Gasteiger partial charge is 0.161 e. The van der Waals surface area contributed by atoms with Gasteiger partial charge in [-0.15, -0.1) is 0 Å². The van der Waals surface area contributed by atoms with E-state index >= 15 is 0 Å². The molecule has 0 bridgehead atoms. The predicted molar refractivity (Wildman–Crippen MR) is 75.0 cm³/mol. The van der Waals surface area contributed by atoms with Crippen molar-refractivity contribution in [2.45, 2.75) is 25.2 Å². The Bertz CT molecular complexity index is 389. The Morgan fingerprint density at radius 2 is 2.05 bits per heavy atom. The van der Waals surface area contributed by atoms with E-state index in [2.05, 4.69) is 17.4 Å². The number of ether oxygens (including phenoxy) is 2. The molecule has 106 valence electrons. The van der Waals surface area contributed by atoms with Gasteiger partial charge in [-0.05, 0) is 49.5 Å². The molecule has 0 spiro atoms. The second kappa shape index (κ2) is 7.36. The number of benzene rings is 1. The highest BCUT2D eigenvalue weighted by atomic mass is 16.5. The zero-order valence-corrected chi connectivity index (χ0v) is 11.5. The van der Waals surface area contributed by atoms with Crippen molar-refractivity contribution in [3.63, 3.8) is 0 Å². The molecule has 1 aliphatic rings. The Labute approximate surface area is 114 Å². The minimum absolute atomic E-state index is 0.148. The number of piperidine rings is 1. The zero-order valence-electron chi connectivity index (χ0n) is 11.5. The summed E-state index contributed by atoms with van der Waals surface area (Å²) in [6, 6.07) is 6.20. The molecule has 1 fully saturated rings. The van der Waals surface area contributed by atoms with Crippen LogP contribution < -0.4 is 14.8 Å². The highest BCUT2D eigenvalue weighted by Gasteiger charge is 2.17. The summed E-state index contributed by atoms with van der Waals surface area (Å²) in [6.07, 6.45) is 2.99. The van der Waals surface area contributed by atoms with Crippen molar-refractivity contribution in [2.75, 3.05) is 33.4 Å². The molecule has 2 N–H and O–H groups in total. The highest BCUT2D eigenvalue weighted by Crippen LogP contribution is 2.33. The molecule has 0 radical (unpaired) electrons. The molecular formula is C15H23NO3. The quantitative estimate of drug-likeness (QED) is 0.772. The van der Waals surface area contributed by atoms with E-state index < -0.39 is 0 Å². The van der Waals surface area contributed by atoms with Gasteiger partial charge in [-0.25, -0.2) is 0 Å². The van der Waals surface area contributed by atoms with Gasteiger partial charge in [0.1, 0.15) is 0 Å². The molecule has 2 rings (SSSR count). The molecule has 1 aliphatic heterocycles. The number of aliphatic hydroxyl groups excluding tert-OH is 1. The fourth-order valence-corrected chi connectivity index (χ4v) is 2.46. The summed E-state index contributed by atoms with van der Waals surface area (Å²) < 4.78 is 11.0. The summed E-state index contributed by atoms with van der Waals surface area (Å²) in [4.78, 5) is 0. The van der Waals surface area contributed by atoms with Gasteiger partial charge in [0.15, 0.2) is 11.5 Å². The van der Waals surface area contributed by atoms with E-state index in [9.17, 15) is 0 Å². The largest absolute Gasteiger partial charge is 0.493 e. The normalized spacial score (nSPS) is 16.3. The molecule has 1 aromatic rings. The summed E-state index contributed by atoms with van der Waals surface area (Å²) in [6.45, 7) is 2.83. The number of hydrogen-bond donors (Lipinski definition) is 2. The van der Waals surface area contributed by atoms with Gasteiger partial charge in [0.25, 0.3) is 0 Å². The molecule has 1 aromatic carbocycles. The van der Waals surface area contributed by atoms with Crippen LogP contribution >= 0.6 is 0 Å². The molecule has 0 unspecified atom stereocenters. The summed E-state index contributed by atoms with van der Waals surface area (Å²) >= 11 is 0. The first-order chi connectivity index (χ1) is 9.35. The van der Waals surface area contributed by atoms with E-state index in [-0.39, 0.29) is 6.61 Å². The molecule has 0 amide bonds. The standard InChI is InChI=1S/C15H23NO3/c1-18-15-11-13(12-5-7-16-8-6-12)3-4-14(15)19-10-2-9-17/h3-4,11-12,16-17H,2,5-10H2,1H3. The maximum absolute atomic E-state index is 8.77. The SMILES string of the molecule is COc1cc(C2CCNCC2)ccc1OCCCO. The first-order valence-electron chi connectivity index (χ1n) is 6.97. The van der Waals surface area contributed by atoms with E-state index in [4.69, 9.17) is 14.6 Å². The molecule has 0 aliphatic carbocycles. The minimum Gasteiger partial charge on any atom is -0.493 e. The van der Waals surface area contributed by atoms with E-state index in [0.717, 1.165) is 24.6 Å². The molecular weight excluding hydrogens is 242 g/mol. The summed E-state index contributed by atoms with van der Waals surface area (Å²) in [5.41, 5.74) is 1.33. The molecule has 4 nitrogen and oxygen atoms in total. The first kappa shape index (κ1) is 14.2. The van der Waals surface area contributed by atoms with E-state index in [1.54, 1.807) is 7.11 Å². The molecule has 1 saturated heterocycles. The summed E-state index contributed by atoms with van der Waals surface area (Å²) in [5, 5.41) is 12.1. The predicted octanol–water partition coefficient (Wildman–Crippen LogP) is 1.92. The van der Waals surface area contributed by atoms with Crippen LogP contribution in [0.4, 0.5) is 0 Å². The van der Waals surface area contributed by atoms with Crippen LogP contribution in [-0.4, -0.2) is 38.5 Å². The molecule has 0 atom stereocenters. The van der Waals surface area contributed by atoms with Crippen LogP contribution in [0.25, 0.3) is 0 Å². The molecule has 0 aromatic heterocycles. The minimum atomic E-state index is 0.148. The Balaban J connectivity index is 2.06. The van der Waals surface area contributed by atoms with Crippen LogP contribution in [0.3, 0.4) is 0 Å². The molecule has 4 heteroatoms. The van der Waals surface area contributed by atoms with Gasteiger partial charge >= 0.3 is 0 Å². The van der Waals surface area contributed by atoms with Crippen molar-refractivity contribution in [2.24, 2.45) is 0 Å². The van der Waals surface area contributed by atoms with Crippen LogP contribution in [0.2, 0.25) is 0 Å². The fraction of sp³-hybridized carbons (Fsp3) is 0.600. The second-order valence-electron chi connectivity index (χ2n) is 4.86. The van der Waals surface area contributed by atoms with Crippen molar-refractivity contribution in [1.82, 2.24) is 5.32 Å². The monoisotopic (exact) mass is 265 g/mol. The maximum atomic E-state index is 8.77. The Hall–Kier alpha value is -1.26. The third kappa shape index (κ3) is 3.85. The topological polar surface area (TPSA) is 50.7 Å². The molecule has 19 heavy (non-hydrogen) atoms. The van der Waals surface area contributed by atoms with Crippen LogP contribution in [-0.2, 0) is 0 Å². The van der Waals surface area contributed by atoms with Gasteiger partial charge in [0.05, 0.1) is 13.7 Å². The van der Waals surface area contributed by atoms with Crippen molar-refractivity contribution in [3.05, 3.63) is 23.8 Å². The number of hydrogen-bond acceptors (Lipinski definition) is 4. The van der Waals surface area contributed by atoms with Gasteiger partial charge < -0.3 is 19.9 Å². The molecule has 0 saturated carbocycles. The van der Waals surface area contributed by atoms with Gasteiger partial charge in [-0.3, -0.25) is 0 Å². The maximum Gasteiger partial charge on any atom is 0.161 e. The lowest BCUT2D eigenvalue weighted by Gasteiger charge is -2.23. The lowest BCUT2D eigenvalue weighted by Crippen LogP contribution is -2.26. The van der Waals surface area contributed by atoms with Crippen molar-refractivity contribution in [3.8, 4) is 11.5 Å². The van der Waals surface area contributed by atoms with Gasteiger partial charge in [-0.1, -0.05) is 6.07 Å². The second-order valence-corrected chi connectivity index (χ2v) is 4.86. The Morgan fingerprint density at radius 1 is 1.26 bits per heavy atom. The Kier molecular flexibility index (Phi) is 5.48. The number of aliphatic hydroxyl groups is 1. The van der Waals surface area contributed by atoms with E-state index in [1.807, 2.05) is 6.07 Å². The first-order valence-corrected chi connectivity index (χ1v) is 6.97.